The smallest absolute Gasteiger partial charge is 0.254 e. The quantitative estimate of drug-likeness (QED) is 0.450. The highest BCUT2D eigenvalue weighted by molar-refractivity contribution is 7.92. The number of nitrogens with zero attached hydrogens (tertiary/aromatic N) is 1. The van der Waals surface area contributed by atoms with Crippen LogP contribution >= 0.6 is 0 Å². The van der Waals surface area contributed by atoms with E-state index >= 15 is 0 Å². The molecule has 0 saturated heterocycles. The SMILES string of the molecule is CS(=O)(=O)N(CC(=O)NN)c1cc(F)cc(F)c1. The van der Waals surface area contributed by atoms with Gasteiger partial charge in [-0.15, -0.1) is 0 Å². The minimum atomic E-state index is -3.87. The average Bonchev–Trinajstić information content (AvgIpc) is 2.22. The fraction of sp³-hybridized carbons (Fsp3) is 0.222. The zero-order chi connectivity index (χ0) is 13.9. The van der Waals surface area contributed by atoms with E-state index in [2.05, 4.69) is 0 Å². The molecular weight excluding hydrogens is 268 g/mol. The molecule has 0 aromatic heterocycles. The van der Waals surface area contributed by atoms with Gasteiger partial charge in [0, 0.05) is 6.07 Å². The molecule has 0 fully saturated rings. The van der Waals surface area contributed by atoms with Crippen molar-refractivity contribution in [2.45, 2.75) is 0 Å². The van der Waals surface area contributed by atoms with Gasteiger partial charge < -0.3 is 0 Å². The molecular formula is C9H11F2N3O3S. The van der Waals surface area contributed by atoms with Crippen LogP contribution in [0.2, 0.25) is 0 Å². The van der Waals surface area contributed by atoms with E-state index in [0.717, 1.165) is 18.4 Å². The van der Waals surface area contributed by atoms with Gasteiger partial charge in [-0.2, -0.15) is 0 Å². The fourth-order valence-electron chi connectivity index (χ4n) is 1.26. The molecule has 0 aliphatic heterocycles. The van der Waals surface area contributed by atoms with Crippen molar-refractivity contribution >= 4 is 21.6 Å². The second kappa shape index (κ2) is 5.27. The topological polar surface area (TPSA) is 92.5 Å². The average molecular weight is 279 g/mol. The van der Waals surface area contributed by atoms with Gasteiger partial charge in [0.05, 0.1) is 11.9 Å². The van der Waals surface area contributed by atoms with Gasteiger partial charge in [0.25, 0.3) is 5.91 Å². The molecule has 1 amide bonds. The Morgan fingerprint density at radius 1 is 1.33 bits per heavy atom. The Morgan fingerprint density at radius 3 is 2.22 bits per heavy atom. The number of carbonyl (C=O) groups excluding carboxylic acids is 1. The van der Waals surface area contributed by atoms with E-state index in [9.17, 15) is 22.0 Å². The monoisotopic (exact) mass is 279 g/mol. The molecule has 0 spiro atoms. The summed E-state index contributed by atoms with van der Waals surface area (Å²) >= 11 is 0. The van der Waals surface area contributed by atoms with Crippen molar-refractivity contribution in [3.05, 3.63) is 29.8 Å². The first-order valence-electron chi connectivity index (χ1n) is 4.67. The molecule has 0 radical (unpaired) electrons. The molecule has 0 aliphatic rings. The van der Waals surface area contributed by atoms with E-state index < -0.39 is 34.1 Å². The molecule has 100 valence electrons. The molecule has 6 nitrogen and oxygen atoms in total. The van der Waals surface area contributed by atoms with Crippen molar-refractivity contribution < 1.29 is 22.0 Å². The van der Waals surface area contributed by atoms with Gasteiger partial charge in [-0.05, 0) is 12.1 Å². The van der Waals surface area contributed by atoms with Gasteiger partial charge in [0.15, 0.2) is 0 Å². The second-order valence-electron chi connectivity index (χ2n) is 3.46. The number of halogens is 2. The summed E-state index contributed by atoms with van der Waals surface area (Å²) in [5.41, 5.74) is 1.44. The van der Waals surface area contributed by atoms with Gasteiger partial charge in [0.1, 0.15) is 18.2 Å². The summed E-state index contributed by atoms with van der Waals surface area (Å²) in [6, 6.07) is 2.19. The highest BCUT2D eigenvalue weighted by atomic mass is 32.2. The van der Waals surface area contributed by atoms with Crippen molar-refractivity contribution in [1.82, 2.24) is 5.43 Å². The van der Waals surface area contributed by atoms with Gasteiger partial charge in [-0.1, -0.05) is 0 Å². The summed E-state index contributed by atoms with van der Waals surface area (Å²) < 4.78 is 49.5. The van der Waals surface area contributed by atoms with Gasteiger partial charge in [-0.25, -0.2) is 23.0 Å². The lowest BCUT2D eigenvalue weighted by Crippen LogP contribution is -2.42. The number of hydrogen-bond donors (Lipinski definition) is 2. The Labute approximate surface area is 102 Å². The number of hydrogen-bond acceptors (Lipinski definition) is 4. The molecule has 3 N–H and O–H groups in total. The van der Waals surface area contributed by atoms with Crippen LogP contribution in [-0.4, -0.2) is 27.1 Å². The lowest BCUT2D eigenvalue weighted by molar-refractivity contribution is -0.119. The largest absolute Gasteiger partial charge is 0.293 e. The molecule has 9 heteroatoms. The van der Waals surface area contributed by atoms with Crippen LogP contribution in [0.15, 0.2) is 18.2 Å². The normalized spacial score (nSPS) is 11.1. The molecule has 1 aromatic carbocycles. The highest BCUT2D eigenvalue weighted by Gasteiger charge is 2.21. The number of sulfonamides is 1. The Kier molecular flexibility index (Phi) is 4.19. The number of amides is 1. The molecule has 0 heterocycles. The summed E-state index contributed by atoms with van der Waals surface area (Å²) in [7, 11) is -3.87. The van der Waals surface area contributed by atoms with Crippen LogP contribution in [0.5, 0.6) is 0 Å². The summed E-state index contributed by atoms with van der Waals surface area (Å²) in [4.78, 5) is 11.1. The fourth-order valence-corrected chi connectivity index (χ4v) is 2.10. The third kappa shape index (κ3) is 3.64. The number of hydrazine groups is 1. The third-order valence-electron chi connectivity index (χ3n) is 1.98. The second-order valence-corrected chi connectivity index (χ2v) is 5.37. The van der Waals surface area contributed by atoms with Crippen LogP contribution in [0.4, 0.5) is 14.5 Å². The maximum atomic E-state index is 13.0. The zero-order valence-corrected chi connectivity index (χ0v) is 10.2. The van der Waals surface area contributed by atoms with Gasteiger partial charge in [0.2, 0.25) is 10.0 Å². The lowest BCUT2D eigenvalue weighted by atomic mass is 10.3. The van der Waals surface area contributed by atoms with Crippen LogP contribution in [0, 0.1) is 11.6 Å². The first-order chi connectivity index (χ1) is 8.24. The van der Waals surface area contributed by atoms with E-state index in [1.807, 2.05) is 0 Å². The molecule has 0 saturated carbocycles. The van der Waals surface area contributed by atoms with Crippen molar-refractivity contribution in [2.24, 2.45) is 5.84 Å². The maximum Gasteiger partial charge on any atom is 0.254 e. The van der Waals surface area contributed by atoms with E-state index in [0.29, 0.717) is 10.4 Å². The van der Waals surface area contributed by atoms with Gasteiger partial charge in [-0.3, -0.25) is 14.5 Å². The van der Waals surface area contributed by atoms with Crippen LogP contribution < -0.4 is 15.6 Å². The standard InChI is InChI=1S/C9H11F2N3O3S/c1-18(16,17)14(5-9(15)13-12)8-3-6(10)2-7(11)4-8/h2-4H,5,12H2,1H3,(H,13,15). The van der Waals surface area contributed by atoms with Gasteiger partial charge >= 0.3 is 0 Å². The molecule has 0 aliphatic carbocycles. The van der Waals surface area contributed by atoms with E-state index in [1.54, 1.807) is 5.43 Å². The first kappa shape index (κ1) is 14.3. The molecule has 0 unspecified atom stereocenters. The number of carbonyl (C=O) groups is 1. The van der Waals surface area contributed by atoms with Crippen LogP contribution in [0.3, 0.4) is 0 Å². The number of nitrogens with one attached hydrogen (secondary N) is 1. The number of benzene rings is 1. The van der Waals surface area contributed by atoms with Crippen molar-refractivity contribution in [2.75, 3.05) is 17.1 Å². The Bertz CT molecular complexity index is 542. The Morgan fingerprint density at radius 2 is 1.83 bits per heavy atom. The molecule has 1 aromatic rings. The lowest BCUT2D eigenvalue weighted by Gasteiger charge is -2.21. The third-order valence-corrected chi connectivity index (χ3v) is 3.12. The van der Waals surface area contributed by atoms with Crippen molar-refractivity contribution in [1.29, 1.82) is 0 Å². The van der Waals surface area contributed by atoms with E-state index in [4.69, 9.17) is 5.84 Å². The molecule has 0 bridgehead atoms. The minimum Gasteiger partial charge on any atom is -0.293 e. The molecule has 0 atom stereocenters. The van der Waals surface area contributed by atoms with Crippen LogP contribution in [0.1, 0.15) is 0 Å². The first-order valence-corrected chi connectivity index (χ1v) is 6.52. The minimum absolute atomic E-state index is 0.293. The molecule has 18 heavy (non-hydrogen) atoms. The van der Waals surface area contributed by atoms with Crippen molar-refractivity contribution in [3.8, 4) is 0 Å². The predicted molar refractivity (Wildman–Crippen MR) is 60.9 cm³/mol. The summed E-state index contributed by atoms with van der Waals surface area (Å²) in [6.45, 7) is -0.668. The summed E-state index contributed by atoms with van der Waals surface area (Å²) in [5.74, 6) is 2.11. The molecule has 1 rings (SSSR count). The Hall–Kier alpha value is -1.74. The number of rotatable bonds is 4. The summed E-state index contributed by atoms with van der Waals surface area (Å²) in [5, 5.41) is 0. The summed E-state index contributed by atoms with van der Waals surface area (Å²) in [6.07, 6.45) is 0.805. The van der Waals surface area contributed by atoms with Crippen LogP contribution in [0.25, 0.3) is 0 Å². The van der Waals surface area contributed by atoms with Crippen LogP contribution in [-0.2, 0) is 14.8 Å². The number of anilines is 1. The zero-order valence-electron chi connectivity index (χ0n) is 9.35. The van der Waals surface area contributed by atoms with Crippen molar-refractivity contribution in [3.63, 3.8) is 0 Å². The number of nitrogens with two attached hydrogens (primary N) is 1. The Balaban J connectivity index is 3.22. The van der Waals surface area contributed by atoms with E-state index in [1.165, 1.54) is 0 Å². The highest BCUT2D eigenvalue weighted by Crippen LogP contribution is 2.20. The predicted octanol–water partition coefficient (Wildman–Crippen LogP) is -0.279. The maximum absolute atomic E-state index is 13.0. The van der Waals surface area contributed by atoms with E-state index in [-0.39, 0.29) is 5.69 Å².